The predicted molar refractivity (Wildman–Crippen MR) is 54.8 cm³/mol. The van der Waals surface area contributed by atoms with Crippen LogP contribution in [0.5, 0.6) is 0 Å². The van der Waals surface area contributed by atoms with Crippen LogP contribution in [0.1, 0.15) is 51.9 Å². The summed E-state index contributed by atoms with van der Waals surface area (Å²) in [6.45, 7) is 2.63. The zero-order valence-corrected chi connectivity index (χ0v) is 9.29. The van der Waals surface area contributed by atoms with E-state index in [1.165, 1.54) is 12.8 Å². The Morgan fingerprint density at radius 2 is 1.67 bits per heavy atom. The number of hydrogen-bond donors (Lipinski definition) is 1. The van der Waals surface area contributed by atoms with E-state index < -0.39 is 11.7 Å². The molecule has 4 heteroatoms. The van der Waals surface area contributed by atoms with Gasteiger partial charge in [0.1, 0.15) is 5.54 Å². The maximum Gasteiger partial charge on any atom is 0.406 e. The average molecular weight is 223 g/mol. The van der Waals surface area contributed by atoms with Crippen molar-refractivity contribution in [1.82, 2.24) is 5.32 Å². The second-order valence-electron chi connectivity index (χ2n) is 4.42. The zero-order chi connectivity index (χ0) is 11.4. The van der Waals surface area contributed by atoms with Crippen LogP contribution in [0.25, 0.3) is 0 Å². The number of nitrogens with one attached hydrogen (secondary N) is 1. The Morgan fingerprint density at radius 3 is 2.13 bits per heavy atom. The van der Waals surface area contributed by atoms with E-state index in [0.29, 0.717) is 6.54 Å². The number of hydrogen-bond acceptors (Lipinski definition) is 1. The summed E-state index contributed by atoms with van der Waals surface area (Å²) in [7, 11) is 0. The Bertz CT molecular complexity index is 185. The van der Waals surface area contributed by atoms with Crippen molar-refractivity contribution in [3.8, 4) is 0 Å². The highest BCUT2D eigenvalue weighted by Gasteiger charge is 2.62. The topological polar surface area (TPSA) is 12.0 Å². The van der Waals surface area contributed by atoms with E-state index in [4.69, 9.17) is 0 Å². The summed E-state index contributed by atoms with van der Waals surface area (Å²) in [6, 6.07) is 0. The molecule has 1 rings (SSSR count). The first kappa shape index (κ1) is 12.8. The molecular weight excluding hydrogens is 203 g/mol. The molecule has 1 aliphatic carbocycles. The first-order valence-corrected chi connectivity index (χ1v) is 5.83. The van der Waals surface area contributed by atoms with E-state index in [1.54, 1.807) is 0 Å². The Kier molecular flexibility index (Phi) is 4.44. The molecule has 0 radical (unpaired) electrons. The van der Waals surface area contributed by atoms with E-state index in [0.717, 1.165) is 19.3 Å². The van der Waals surface area contributed by atoms with Gasteiger partial charge in [-0.15, -0.1) is 0 Å². The lowest BCUT2D eigenvalue weighted by atomic mass is 10.1. The lowest BCUT2D eigenvalue weighted by molar-refractivity contribution is -0.165. The molecule has 0 atom stereocenters. The molecule has 1 N–H and O–H groups in total. The summed E-state index contributed by atoms with van der Waals surface area (Å²) in [5, 5.41) is 2.66. The van der Waals surface area contributed by atoms with Crippen LogP contribution in [-0.2, 0) is 0 Å². The molecule has 0 aliphatic heterocycles. The van der Waals surface area contributed by atoms with Crippen molar-refractivity contribution < 1.29 is 13.2 Å². The molecule has 90 valence electrons. The van der Waals surface area contributed by atoms with Gasteiger partial charge >= 0.3 is 6.18 Å². The second kappa shape index (κ2) is 5.19. The van der Waals surface area contributed by atoms with Crippen LogP contribution in [0.2, 0.25) is 0 Å². The number of halogens is 3. The molecule has 0 unspecified atom stereocenters. The average Bonchev–Trinajstić information content (AvgIpc) is 2.91. The highest BCUT2D eigenvalue weighted by atomic mass is 19.4. The SMILES string of the molecule is CCCCCCCNC1(C(F)(F)F)CC1. The zero-order valence-electron chi connectivity index (χ0n) is 9.29. The molecule has 0 amide bonds. The van der Waals surface area contributed by atoms with Crippen LogP contribution in [0.15, 0.2) is 0 Å². The monoisotopic (exact) mass is 223 g/mol. The van der Waals surface area contributed by atoms with Gasteiger partial charge in [0.2, 0.25) is 0 Å². The molecule has 1 aliphatic rings. The van der Waals surface area contributed by atoms with Crippen molar-refractivity contribution in [1.29, 1.82) is 0 Å². The maximum absolute atomic E-state index is 12.5. The van der Waals surface area contributed by atoms with Crippen LogP contribution in [0, 0.1) is 0 Å². The predicted octanol–water partition coefficient (Wildman–Crippen LogP) is 3.64. The number of rotatable bonds is 7. The Balaban J connectivity index is 2.05. The molecule has 15 heavy (non-hydrogen) atoms. The van der Waals surface area contributed by atoms with Gasteiger partial charge in [-0.3, -0.25) is 0 Å². The normalized spacial score (nSPS) is 19.2. The fourth-order valence-corrected chi connectivity index (χ4v) is 1.74. The van der Waals surface area contributed by atoms with Crippen LogP contribution >= 0.6 is 0 Å². The van der Waals surface area contributed by atoms with Gasteiger partial charge in [0.05, 0.1) is 0 Å². The lowest BCUT2D eigenvalue weighted by Crippen LogP contribution is -2.45. The highest BCUT2D eigenvalue weighted by molar-refractivity contribution is 5.07. The molecule has 0 heterocycles. The molecule has 0 aromatic heterocycles. The molecule has 0 bridgehead atoms. The summed E-state index contributed by atoms with van der Waals surface area (Å²) < 4.78 is 37.4. The molecule has 0 aromatic carbocycles. The Morgan fingerprint density at radius 1 is 1.07 bits per heavy atom. The Hall–Kier alpha value is -0.250. The standard InChI is InChI=1S/C11H20F3N/c1-2-3-4-5-6-9-15-10(7-8-10)11(12,13)14/h15H,2-9H2,1H3. The first-order valence-electron chi connectivity index (χ1n) is 5.83. The van der Waals surface area contributed by atoms with Crippen molar-refractivity contribution in [3.63, 3.8) is 0 Å². The van der Waals surface area contributed by atoms with E-state index >= 15 is 0 Å². The minimum absolute atomic E-state index is 0.255. The fraction of sp³-hybridized carbons (Fsp3) is 1.00. The van der Waals surface area contributed by atoms with E-state index in [1.807, 2.05) is 0 Å². The minimum atomic E-state index is -4.06. The van der Waals surface area contributed by atoms with E-state index in [9.17, 15) is 13.2 Å². The molecular formula is C11H20F3N. The summed E-state index contributed by atoms with van der Waals surface area (Å²) in [6.07, 6.45) is 1.83. The van der Waals surface area contributed by atoms with Gasteiger partial charge in [-0.2, -0.15) is 13.2 Å². The van der Waals surface area contributed by atoms with Crippen LogP contribution in [-0.4, -0.2) is 18.3 Å². The van der Waals surface area contributed by atoms with Crippen molar-refractivity contribution in [2.24, 2.45) is 0 Å². The molecule has 1 fully saturated rings. The third-order valence-electron chi connectivity index (χ3n) is 3.04. The smallest absolute Gasteiger partial charge is 0.304 e. The van der Waals surface area contributed by atoms with Gasteiger partial charge in [-0.25, -0.2) is 0 Å². The van der Waals surface area contributed by atoms with Gasteiger partial charge in [0.15, 0.2) is 0 Å². The van der Waals surface area contributed by atoms with Gasteiger partial charge in [0, 0.05) is 0 Å². The van der Waals surface area contributed by atoms with Crippen LogP contribution < -0.4 is 5.32 Å². The van der Waals surface area contributed by atoms with Gasteiger partial charge in [0.25, 0.3) is 0 Å². The maximum atomic E-state index is 12.5. The highest BCUT2D eigenvalue weighted by Crippen LogP contribution is 2.48. The number of alkyl halides is 3. The Labute approximate surface area is 89.4 Å². The molecule has 1 saturated carbocycles. The minimum Gasteiger partial charge on any atom is -0.304 e. The molecule has 1 nitrogen and oxygen atoms in total. The van der Waals surface area contributed by atoms with Crippen molar-refractivity contribution in [3.05, 3.63) is 0 Å². The van der Waals surface area contributed by atoms with Crippen LogP contribution in [0.3, 0.4) is 0 Å². The molecule has 0 saturated heterocycles. The quantitative estimate of drug-likeness (QED) is 0.650. The van der Waals surface area contributed by atoms with Crippen molar-refractivity contribution >= 4 is 0 Å². The number of unbranched alkanes of at least 4 members (excludes halogenated alkanes) is 4. The summed E-state index contributed by atoms with van der Waals surface area (Å²) in [5.41, 5.74) is -1.52. The van der Waals surface area contributed by atoms with E-state index in [2.05, 4.69) is 12.2 Å². The van der Waals surface area contributed by atoms with Gasteiger partial charge < -0.3 is 5.32 Å². The lowest BCUT2D eigenvalue weighted by Gasteiger charge is -2.20. The summed E-state index contributed by atoms with van der Waals surface area (Å²) >= 11 is 0. The fourth-order valence-electron chi connectivity index (χ4n) is 1.74. The van der Waals surface area contributed by atoms with Crippen molar-refractivity contribution in [2.75, 3.05) is 6.54 Å². The largest absolute Gasteiger partial charge is 0.406 e. The second-order valence-corrected chi connectivity index (χ2v) is 4.42. The summed E-state index contributed by atoms with van der Waals surface area (Å²) in [5.74, 6) is 0. The van der Waals surface area contributed by atoms with Gasteiger partial charge in [-0.1, -0.05) is 32.6 Å². The third kappa shape index (κ3) is 3.67. The first-order chi connectivity index (χ1) is 7.02. The van der Waals surface area contributed by atoms with Crippen molar-refractivity contribution in [2.45, 2.75) is 63.6 Å². The van der Waals surface area contributed by atoms with E-state index in [-0.39, 0.29) is 12.8 Å². The molecule has 0 spiro atoms. The summed E-state index contributed by atoms with van der Waals surface area (Å²) in [4.78, 5) is 0. The molecule has 0 aromatic rings. The van der Waals surface area contributed by atoms with Gasteiger partial charge in [-0.05, 0) is 25.8 Å². The third-order valence-corrected chi connectivity index (χ3v) is 3.04. The van der Waals surface area contributed by atoms with Crippen LogP contribution in [0.4, 0.5) is 13.2 Å².